The number of aromatic nitrogens is 2. The zero-order valence-electron chi connectivity index (χ0n) is 18.6. The Morgan fingerprint density at radius 1 is 1.06 bits per heavy atom. The molecule has 0 bridgehead atoms. The fourth-order valence-electron chi connectivity index (χ4n) is 4.11. The molecular formula is C25H31N5O. The van der Waals surface area contributed by atoms with Crippen molar-refractivity contribution in [2.24, 2.45) is 0 Å². The first-order valence-electron chi connectivity index (χ1n) is 11.0. The number of benzene rings is 2. The molecule has 1 saturated heterocycles. The fourth-order valence-corrected chi connectivity index (χ4v) is 4.11. The number of hydrogen-bond acceptors (Lipinski definition) is 4. The first-order valence-corrected chi connectivity index (χ1v) is 11.0. The van der Waals surface area contributed by atoms with Gasteiger partial charge >= 0.3 is 0 Å². The van der Waals surface area contributed by atoms with Crippen LogP contribution in [0.15, 0.2) is 54.7 Å². The Kier molecular flexibility index (Phi) is 6.37. The number of hydrogen-bond donors (Lipinski definition) is 1. The Balaban J connectivity index is 1.48. The molecule has 1 fully saturated rings. The molecule has 6 heteroatoms. The van der Waals surface area contributed by atoms with E-state index < -0.39 is 0 Å². The molecule has 0 aliphatic carbocycles. The molecule has 1 N–H and O–H groups in total. The summed E-state index contributed by atoms with van der Waals surface area (Å²) in [5, 5.41) is 7.59. The van der Waals surface area contributed by atoms with Gasteiger partial charge in [0, 0.05) is 37.6 Å². The van der Waals surface area contributed by atoms with Gasteiger partial charge in [-0.05, 0) is 49.7 Å². The van der Waals surface area contributed by atoms with E-state index in [-0.39, 0.29) is 5.91 Å². The van der Waals surface area contributed by atoms with E-state index in [1.54, 1.807) is 6.20 Å². The van der Waals surface area contributed by atoms with Gasteiger partial charge in [-0.3, -0.25) is 9.48 Å². The van der Waals surface area contributed by atoms with Gasteiger partial charge in [0.25, 0.3) is 5.91 Å². The maximum atomic E-state index is 13.1. The zero-order chi connectivity index (χ0) is 21.8. The highest BCUT2D eigenvalue weighted by molar-refractivity contribution is 6.05. The van der Waals surface area contributed by atoms with Crippen molar-refractivity contribution >= 4 is 17.3 Å². The zero-order valence-corrected chi connectivity index (χ0v) is 18.6. The number of nitrogens with one attached hydrogen (secondary N) is 1. The van der Waals surface area contributed by atoms with Gasteiger partial charge in [-0.25, -0.2) is 0 Å². The quantitative estimate of drug-likeness (QED) is 0.663. The lowest BCUT2D eigenvalue weighted by atomic mass is 10.1. The van der Waals surface area contributed by atoms with Gasteiger partial charge in [0.2, 0.25) is 0 Å². The Morgan fingerprint density at radius 2 is 1.81 bits per heavy atom. The number of nitrogens with zero attached hydrogens (tertiary/aromatic N) is 4. The summed E-state index contributed by atoms with van der Waals surface area (Å²) >= 11 is 0. The van der Waals surface area contributed by atoms with E-state index in [0.29, 0.717) is 12.1 Å². The molecule has 0 unspecified atom stereocenters. The van der Waals surface area contributed by atoms with Crippen molar-refractivity contribution in [3.8, 4) is 0 Å². The summed E-state index contributed by atoms with van der Waals surface area (Å²) < 4.78 is 1.92. The molecule has 31 heavy (non-hydrogen) atoms. The Morgan fingerprint density at radius 3 is 2.48 bits per heavy atom. The normalized spacial score (nSPS) is 14.6. The number of carbonyl (C=O) groups excluding carboxylic acids is 1. The summed E-state index contributed by atoms with van der Waals surface area (Å²) in [6, 6.07) is 16.5. The molecule has 0 saturated carbocycles. The van der Waals surface area contributed by atoms with Crippen LogP contribution in [0.2, 0.25) is 0 Å². The molecule has 0 spiro atoms. The van der Waals surface area contributed by atoms with Crippen molar-refractivity contribution in [2.45, 2.75) is 26.8 Å². The second kappa shape index (κ2) is 9.35. The third-order valence-electron chi connectivity index (χ3n) is 6.03. The van der Waals surface area contributed by atoms with Crippen LogP contribution in [0.1, 0.15) is 34.1 Å². The van der Waals surface area contributed by atoms with Gasteiger partial charge in [0.1, 0.15) is 0 Å². The molecule has 1 aromatic heterocycles. The average molecular weight is 418 g/mol. The molecule has 6 nitrogen and oxygen atoms in total. The Hall–Kier alpha value is -3.12. The van der Waals surface area contributed by atoms with Crippen LogP contribution in [0, 0.1) is 6.92 Å². The maximum Gasteiger partial charge on any atom is 0.259 e. The van der Waals surface area contributed by atoms with Crippen LogP contribution in [0.4, 0.5) is 11.4 Å². The monoisotopic (exact) mass is 417 g/mol. The minimum atomic E-state index is -0.105. The minimum Gasteiger partial charge on any atom is -0.369 e. The van der Waals surface area contributed by atoms with Gasteiger partial charge < -0.3 is 15.1 Å². The lowest BCUT2D eigenvalue weighted by Crippen LogP contribution is -2.44. The number of rotatable bonds is 6. The number of anilines is 2. The number of piperazine rings is 1. The van der Waals surface area contributed by atoms with E-state index in [1.165, 1.54) is 11.3 Å². The summed E-state index contributed by atoms with van der Waals surface area (Å²) in [5.41, 5.74) is 5.89. The van der Waals surface area contributed by atoms with Crippen LogP contribution in [0.3, 0.4) is 0 Å². The number of likely N-dealkylation sites (N-methyl/N-ethyl adjacent to an activating group) is 1. The molecule has 1 aliphatic rings. The molecule has 0 atom stereocenters. The van der Waals surface area contributed by atoms with Crippen LogP contribution in [-0.4, -0.2) is 53.8 Å². The lowest BCUT2D eigenvalue weighted by molar-refractivity contribution is 0.102. The highest BCUT2D eigenvalue weighted by atomic mass is 16.1. The Labute approximate surface area is 184 Å². The molecule has 1 amide bonds. The SMILES string of the molecule is CCc1c(C(=O)Nc2ccc(N3CCN(C)CC3)cc2C)cnn1Cc1ccccc1. The van der Waals surface area contributed by atoms with Crippen molar-refractivity contribution in [2.75, 3.05) is 43.4 Å². The predicted molar refractivity (Wildman–Crippen MR) is 126 cm³/mol. The van der Waals surface area contributed by atoms with E-state index in [2.05, 4.69) is 65.4 Å². The fraction of sp³-hybridized carbons (Fsp3) is 0.360. The maximum absolute atomic E-state index is 13.1. The van der Waals surface area contributed by atoms with E-state index in [9.17, 15) is 4.79 Å². The predicted octanol–water partition coefficient (Wildman–Crippen LogP) is 3.81. The van der Waals surface area contributed by atoms with Crippen molar-refractivity contribution in [1.82, 2.24) is 14.7 Å². The molecule has 4 rings (SSSR count). The molecule has 162 valence electrons. The van der Waals surface area contributed by atoms with Crippen LogP contribution in [0.5, 0.6) is 0 Å². The number of amides is 1. The summed E-state index contributed by atoms with van der Waals surface area (Å²) in [5.74, 6) is -0.105. The molecular weight excluding hydrogens is 386 g/mol. The van der Waals surface area contributed by atoms with E-state index >= 15 is 0 Å². The second-order valence-corrected chi connectivity index (χ2v) is 8.25. The second-order valence-electron chi connectivity index (χ2n) is 8.25. The third-order valence-corrected chi connectivity index (χ3v) is 6.03. The largest absolute Gasteiger partial charge is 0.369 e. The van der Waals surface area contributed by atoms with Crippen LogP contribution in [0.25, 0.3) is 0 Å². The van der Waals surface area contributed by atoms with Crippen molar-refractivity contribution in [3.63, 3.8) is 0 Å². The first kappa shape index (κ1) is 21.1. The summed E-state index contributed by atoms with van der Waals surface area (Å²) in [6.45, 7) is 8.98. The van der Waals surface area contributed by atoms with Crippen LogP contribution < -0.4 is 10.2 Å². The topological polar surface area (TPSA) is 53.4 Å². The van der Waals surface area contributed by atoms with Gasteiger partial charge in [-0.15, -0.1) is 0 Å². The molecule has 2 aromatic carbocycles. The van der Waals surface area contributed by atoms with Crippen molar-refractivity contribution in [1.29, 1.82) is 0 Å². The summed E-state index contributed by atoms with van der Waals surface area (Å²) in [6.07, 6.45) is 2.43. The van der Waals surface area contributed by atoms with E-state index in [4.69, 9.17) is 0 Å². The lowest BCUT2D eigenvalue weighted by Gasteiger charge is -2.34. The van der Waals surface area contributed by atoms with Crippen molar-refractivity contribution in [3.05, 3.63) is 77.1 Å². The number of carbonyl (C=O) groups is 1. The average Bonchev–Trinajstić information content (AvgIpc) is 3.19. The molecule has 3 aromatic rings. The smallest absolute Gasteiger partial charge is 0.259 e. The highest BCUT2D eigenvalue weighted by Crippen LogP contribution is 2.24. The first-order chi connectivity index (χ1) is 15.0. The molecule has 1 aliphatic heterocycles. The Bertz CT molecular complexity index is 1040. The third kappa shape index (κ3) is 4.80. The van der Waals surface area contributed by atoms with Gasteiger partial charge in [0.15, 0.2) is 0 Å². The van der Waals surface area contributed by atoms with Crippen LogP contribution >= 0.6 is 0 Å². The van der Waals surface area contributed by atoms with E-state index in [1.807, 2.05) is 28.9 Å². The highest BCUT2D eigenvalue weighted by Gasteiger charge is 2.18. The summed E-state index contributed by atoms with van der Waals surface area (Å²) in [7, 11) is 2.16. The van der Waals surface area contributed by atoms with E-state index in [0.717, 1.165) is 49.5 Å². The van der Waals surface area contributed by atoms with Crippen molar-refractivity contribution < 1.29 is 4.79 Å². The summed E-state index contributed by atoms with van der Waals surface area (Å²) in [4.78, 5) is 17.8. The minimum absolute atomic E-state index is 0.105. The standard InChI is InChI=1S/C25H31N5O/c1-4-24-22(17-26-30(24)18-20-8-6-5-7-9-20)25(31)27-23-11-10-21(16-19(23)2)29-14-12-28(3)13-15-29/h5-11,16-17H,4,12-15,18H2,1-3H3,(H,27,31). The van der Waals surface area contributed by atoms with Gasteiger partial charge in [-0.2, -0.15) is 5.10 Å². The van der Waals surface area contributed by atoms with Crippen LogP contribution in [-0.2, 0) is 13.0 Å². The van der Waals surface area contributed by atoms with Gasteiger partial charge in [-0.1, -0.05) is 37.3 Å². The number of aryl methyl sites for hydroxylation is 1. The molecule has 2 heterocycles. The molecule has 0 radical (unpaired) electrons. The van der Waals surface area contributed by atoms with Gasteiger partial charge in [0.05, 0.1) is 24.0 Å².